The lowest BCUT2D eigenvalue weighted by molar-refractivity contribution is -0.152. The number of aliphatic imine (C=N–C) groups is 1. The van der Waals surface area contributed by atoms with Crippen molar-refractivity contribution in [1.29, 1.82) is 0 Å². The van der Waals surface area contributed by atoms with Gasteiger partial charge in [-0.05, 0) is 53.7 Å². The van der Waals surface area contributed by atoms with Crippen LogP contribution in [-0.4, -0.2) is 36.7 Å². The van der Waals surface area contributed by atoms with Crippen LogP contribution in [0.3, 0.4) is 0 Å². The molecule has 0 aliphatic heterocycles. The van der Waals surface area contributed by atoms with Crippen molar-refractivity contribution < 1.29 is 9.53 Å². The van der Waals surface area contributed by atoms with Gasteiger partial charge in [-0.15, -0.1) is 11.3 Å². The number of rotatable bonds is 6. The fourth-order valence-corrected chi connectivity index (χ4v) is 3.04. The van der Waals surface area contributed by atoms with E-state index < -0.39 is 5.60 Å². The van der Waals surface area contributed by atoms with Crippen molar-refractivity contribution in [2.75, 3.05) is 13.1 Å². The zero-order valence-electron chi connectivity index (χ0n) is 15.0. The Balaban J connectivity index is 2.55. The van der Waals surface area contributed by atoms with Crippen LogP contribution in [0.25, 0.3) is 0 Å². The smallest absolute Gasteiger partial charge is 0.328 e. The van der Waals surface area contributed by atoms with Gasteiger partial charge in [-0.2, -0.15) is 0 Å². The molecule has 0 amide bonds. The van der Waals surface area contributed by atoms with Gasteiger partial charge in [0.25, 0.3) is 0 Å². The lowest BCUT2D eigenvalue weighted by Gasteiger charge is -2.20. The van der Waals surface area contributed by atoms with E-state index in [-0.39, 0.29) is 18.6 Å². The summed E-state index contributed by atoms with van der Waals surface area (Å²) >= 11 is 1.81. The van der Waals surface area contributed by atoms with Crippen LogP contribution in [0.1, 0.15) is 44.4 Å². The zero-order valence-corrected chi connectivity index (χ0v) is 15.8. The Bertz CT molecular complexity index is 532. The molecule has 0 saturated heterocycles. The molecule has 0 aliphatic carbocycles. The van der Waals surface area contributed by atoms with E-state index in [1.807, 2.05) is 27.7 Å². The second kappa shape index (κ2) is 8.91. The molecule has 0 bridgehead atoms. The van der Waals surface area contributed by atoms with Crippen LogP contribution in [0.15, 0.2) is 17.1 Å². The maximum Gasteiger partial charge on any atom is 0.328 e. The Morgan fingerprint density at radius 2 is 2.09 bits per heavy atom. The number of carbonyl (C=O) groups excluding carboxylic acids is 1. The standard InChI is InChI=1S/C17H29N3O2S/c1-7-18-16(19-11-15(21)22-17(4,5)6)20-12(2)10-14-9-8-13(3)23-14/h8-9,12H,7,10-11H2,1-6H3,(H2,18,19,20). The Hall–Kier alpha value is -1.56. The summed E-state index contributed by atoms with van der Waals surface area (Å²) in [5.41, 5.74) is -0.483. The van der Waals surface area contributed by atoms with Crippen LogP contribution in [0.2, 0.25) is 0 Å². The van der Waals surface area contributed by atoms with E-state index in [0.717, 1.165) is 13.0 Å². The molecule has 2 N–H and O–H groups in total. The largest absolute Gasteiger partial charge is 0.459 e. The third-order valence-electron chi connectivity index (χ3n) is 2.82. The number of guanidine groups is 1. The number of nitrogens with zero attached hydrogens (tertiary/aromatic N) is 1. The normalized spacial score (nSPS) is 13.6. The number of carbonyl (C=O) groups is 1. The molecular weight excluding hydrogens is 310 g/mol. The summed E-state index contributed by atoms with van der Waals surface area (Å²) < 4.78 is 5.27. The van der Waals surface area contributed by atoms with Crippen LogP contribution in [0.4, 0.5) is 0 Å². The molecule has 1 unspecified atom stereocenters. The average molecular weight is 340 g/mol. The van der Waals surface area contributed by atoms with Gasteiger partial charge >= 0.3 is 5.97 Å². The predicted molar refractivity (Wildman–Crippen MR) is 97.2 cm³/mol. The molecule has 0 radical (unpaired) electrons. The first kappa shape index (κ1) is 19.5. The zero-order chi connectivity index (χ0) is 17.5. The molecule has 0 saturated carbocycles. The first-order valence-corrected chi connectivity index (χ1v) is 8.83. The molecule has 0 fully saturated rings. The summed E-state index contributed by atoms with van der Waals surface area (Å²) in [7, 11) is 0. The molecule has 1 aromatic heterocycles. The summed E-state index contributed by atoms with van der Waals surface area (Å²) in [4.78, 5) is 18.7. The lowest BCUT2D eigenvalue weighted by Crippen LogP contribution is -2.43. The van der Waals surface area contributed by atoms with Crippen molar-refractivity contribution in [3.63, 3.8) is 0 Å². The number of esters is 1. The number of thiophene rings is 1. The van der Waals surface area contributed by atoms with Crippen LogP contribution in [-0.2, 0) is 16.0 Å². The number of hydrogen-bond acceptors (Lipinski definition) is 4. The highest BCUT2D eigenvalue weighted by Crippen LogP contribution is 2.16. The first-order chi connectivity index (χ1) is 10.7. The van der Waals surface area contributed by atoms with Crippen molar-refractivity contribution in [1.82, 2.24) is 10.6 Å². The van der Waals surface area contributed by atoms with Gasteiger partial charge in [-0.3, -0.25) is 4.79 Å². The molecule has 6 heteroatoms. The van der Waals surface area contributed by atoms with Crippen LogP contribution in [0.5, 0.6) is 0 Å². The Kier molecular flexibility index (Phi) is 7.55. The molecule has 130 valence electrons. The quantitative estimate of drug-likeness (QED) is 0.475. The third kappa shape index (κ3) is 8.59. The number of ether oxygens (including phenoxy) is 1. The topological polar surface area (TPSA) is 62.7 Å². The molecule has 1 heterocycles. The maximum atomic E-state index is 11.8. The van der Waals surface area contributed by atoms with Gasteiger partial charge in [0.05, 0.1) is 0 Å². The van der Waals surface area contributed by atoms with E-state index in [0.29, 0.717) is 5.96 Å². The van der Waals surface area contributed by atoms with Gasteiger partial charge < -0.3 is 15.4 Å². The molecule has 1 aromatic rings. The van der Waals surface area contributed by atoms with Crippen LogP contribution < -0.4 is 10.6 Å². The molecule has 1 atom stereocenters. The van der Waals surface area contributed by atoms with Crippen LogP contribution >= 0.6 is 11.3 Å². The van der Waals surface area contributed by atoms with Gasteiger partial charge in [-0.1, -0.05) is 0 Å². The molecule has 23 heavy (non-hydrogen) atoms. The molecular formula is C17H29N3O2S. The van der Waals surface area contributed by atoms with Crippen molar-refractivity contribution in [3.8, 4) is 0 Å². The third-order valence-corrected chi connectivity index (χ3v) is 3.84. The number of aryl methyl sites for hydroxylation is 1. The maximum absolute atomic E-state index is 11.8. The molecule has 0 aromatic carbocycles. The Morgan fingerprint density at radius 1 is 1.39 bits per heavy atom. The SMILES string of the molecule is CCNC(=NCC(=O)OC(C)(C)C)NC(C)Cc1ccc(C)s1. The minimum absolute atomic E-state index is 0.0113. The minimum atomic E-state index is -0.483. The summed E-state index contributed by atoms with van der Waals surface area (Å²) in [5, 5.41) is 6.49. The summed E-state index contributed by atoms with van der Waals surface area (Å²) in [6.45, 7) is 12.5. The minimum Gasteiger partial charge on any atom is -0.459 e. The molecule has 0 aliphatic rings. The van der Waals surface area contributed by atoms with E-state index in [1.54, 1.807) is 11.3 Å². The van der Waals surface area contributed by atoms with Crippen LogP contribution in [0, 0.1) is 6.92 Å². The molecule has 1 rings (SSSR count). The van der Waals surface area contributed by atoms with E-state index in [9.17, 15) is 4.79 Å². The first-order valence-electron chi connectivity index (χ1n) is 8.01. The van der Waals surface area contributed by atoms with Gasteiger partial charge in [-0.25, -0.2) is 4.99 Å². The highest BCUT2D eigenvalue weighted by atomic mass is 32.1. The average Bonchev–Trinajstić information content (AvgIpc) is 2.79. The molecule has 0 spiro atoms. The monoisotopic (exact) mass is 339 g/mol. The Morgan fingerprint density at radius 3 is 2.61 bits per heavy atom. The van der Waals surface area contributed by atoms with E-state index >= 15 is 0 Å². The highest BCUT2D eigenvalue weighted by molar-refractivity contribution is 7.11. The van der Waals surface area contributed by atoms with Crippen molar-refractivity contribution in [2.24, 2.45) is 4.99 Å². The van der Waals surface area contributed by atoms with Crippen molar-refractivity contribution in [2.45, 2.75) is 59.6 Å². The van der Waals surface area contributed by atoms with E-state index in [1.165, 1.54) is 9.75 Å². The van der Waals surface area contributed by atoms with Gasteiger partial charge in [0.1, 0.15) is 12.1 Å². The van der Waals surface area contributed by atoms with Gasteiger partial charge in [0.15, 0.2) is 5.96 Å². The second-order valence-electron chi connectivity index (χ2n) is 6.54. The summed E-state index contributed by atoms with van der Waals surface area (Å²) in [6, 6.07) is 4.52. The fraction of sp³-hybridized carbons (Fsp3) is 0.647. The lowest BCUT2D eigenvalue weighted by atomic mass is 10.2. The number of hydrogen-bond donors (Lipinski definition) is 2. The second-order valence-corrected chi connectivity index (χ2v) is 7.92. The van der Waals surface area contributed by atoms with Crippen molar-refractivity contribution in [3.05, 3.63) is 21.9 Å². The van der Waals surface area contributed by atoms with Gasteiger partial charge in [0.2, 0.25) is 0 Å². The van der Waals surface area contributed by atoms with Gasteiger partial charge in [0, 0.05) is 28.8 Å². The molecule has 5 nitrogen and oxygen atoms in total. The predicted octanol–water partition coefficient (Wildman–Crippen LogP) is 2.88. The summed E-state index contributed by atoms with van der Waals surface area (Å²) in [5.74, 6) is 0.315. The highest BCUT2D eigenvalue weighted by Gasteiger charge is 2.16. The van der Waals surface area contributed by atoms with Crippen molar-refractivity contribution >= 4 is 23.3 Å². The summed E-state index contributed by atoms with van der Waals surface area (Å²) in [6.07, 6.45) is 0.926. The fourth-order valence-electron chi connectivity index (χ4n) is 2.02. The Labute approximate surface area is 143 Å². The number of nitrogens with one attached hydrogen (secondary N) is 2. The van der Waals surface area contributed by atoms with E-state index in [2.05, 4.69) is 41.6 Å². The van der Waals surface area contributed by atoms with E-state index in [4.69, 9.17) is 4.74 Å².